The fourth-order valence-electron chi connectivity index (χ4n) is 3.46. The lowest BCUT2D eigenvalue weighted by molar-refractivity contribution is 0.0683. The predicted octanol–water partition coefficient (Wildman–Crippen LogP) is 2.64. The lowest BCUT2D eigenvalue weighted by Crippen LogP contribution is -2.48. The molecule has 0 aliphatic carbocycles. The van der Waals surface area contributed by atoms with E-state index in [1.54, 1.807) is 7.05 Å². The first kappa shape index (κ1) is 22.2. The highest BCUT2D eigenvalue weighted by molar-refractivity contribution is 5.79. The third kappa shape index (κ3) is 6.50. The van der Waals surface area contributed by atoms with E-state index in [0.29, 0.717) is 36.9 Å². The number of ether oxygens (including phenoxy) is 1. The van der Waals surface area contributed by atoms with Crippen LogP contribution in [0.3, 0.4) is 0 Å². The third-order valence-corrected chi connectivity index (χ3v) is 5.14. The van der Waals surface area contributed by atoms with Crippen LogP contribution in [-0.2, 0) is 17.8 Å². The first-order valence-corrected chi connectivity index (χ1v) is 10.5. The zero-order chi connectivity index (χ0) is 21.3. The topological polar surface area (TPSA) is 87.8 Å². The van der Waals surface area contributed by atoms with Crippen LogP contribution in [-0.4, -0.2) is 53.8 Å². The van der Waals surface area contributed by atoms with Gasteiger partial charge < -0.3 is 19.9 Å². The average Bonchev–Trinajstić information content (AvgIpc) is 3.23. The number of benzene rings is 1. The molecule has 0 spiro atoms. The number of halogens is 1. The second-order valence-electron chi connectivity index (χ2n) is 7.39. The number of guanidine groups is 1. The molecule has 1 aromatic heterocycles. The van der Waals surface area contributed by atoms with Crippen molar-refractivity contribution in [2.45, 2.75) is 51.9 Å². The van der Waals surface area contributed by atoms with E-state index in [4.69, 9.17) is 9.26 Å². The number of aromatic nitrogens is 2. The second-order valence-corrected chi connectivity index (χ2v) is 7.39. The first-order chi connectivity index (χ1) is 14.6. The molecule has 1 aliphatic heterocycles. The molecule has 0 bridgehead atoms. The van der Waals surface area contributed by atoms with Gasteiger partial charge in [0.15, 0.2) is 11.8 Å². The van der Waals surface area contributed by atoms with Gasteiger partial charge in [-0.25, -0.2) is 4.39 Å². The summed E-state index contributed by atoms with van der Waals surface area (Å²) in [5.41, 5.74) is 1.14. The average molecular weight is 419 g/mol. The molecular formula is C21H31FN6O2. The molecule has 0 amide bonds. The zero-order valence-electron chi connectivity index (χ0n) is 17.9. The standard InChI is InChI=1S/C21H31FN6O2/c1-4-29-15(2)20-26-19(30-27-20)13-24-21(23-3)25-18-9-11-28(12-10-18)14-16-5-7-17(22)8-6-16/h5-8,15,18H,4,9-14H2,1-3H3,(H2,23,24,25). The highest BCUT2D eigenvalue weighted by atomic mass is 19.1. The number of rotatable bonds is 8. The van der Waals surface area contributed by atoms with Crippen molar-refractivity contribution >= 4 is 5.96 Å². The minimum Gasteiger partial charge on any atom is -0.371 e. The van der Waals surface area contributed by atoms with Gasteiger partial charge in [0.1, 0.15) is 11.9 Å². The van der Waals surface area contributed by atoms with Crippen LogP contribution in [0.4, 0.5) is 4.39 Å². The Morgan fingerprint density at radius 1 is 1.33 bits per heavy atom. The van der Waals surface area contributed by atoms with Gasteiger partial charge in [-0.2, -0.15) is 4.98 Å². The van der Waals surface area contributed by atoms with Gasteiger partial charge in [0.25, 0.3) is 0 Å². The Morgan fingerprint density at radius 3 is 2.73 bits per heavy atom. The van der Waals surface area contributed by atoms with E-state index < -0.39 is 0 Å². The first-order valence-electron chi connectivity index (χ1n) is 10.5. The van der Waals surface area contributed by atoms with E-state index in [2.05, 4.69) is 30.7 Å². The zero-order valence-corrected chi connectivity index (χ0v) is 17.9. The second kappa shape index (κ2) is 11.0. The van der Waals surface area contributed by atoms with Crippen LogP contribution < -0.4 is 10.6 Å². The lowest BCUT2D eigenvalue weighted by Gasteiger charge is -2.33. The van der Waals surface area contributed by atoms with Gasteiger partial charge in [0.2, 0.25) is 5.89 Å². The third-order valence-electron chi connectivity index (χ3n) is 5.14. The van der Waals surface area contributed by atoms with Gasteiger partial charge in [-0.3, -0.25) is 9.89 Å². The summed E-state index contributed by atoms with van der Waals surface area (Å²) >= 11 is 0. The molecule has 1 saturated heterocycles. The van der Waals surface area contributed by atoms with E-state index >= 15 is 0 Å². The van der Waals surface area contributed by atoms with E-state index in [-0.39, 0.29) is 11.9 Å². The monoisotopic (exact) mass is 418 g/mol. The highest BCUT2D eigenvalue weighted by Gasteiger charge is 2.20. The number of nitrogens with zero attached hydrogens (tertiary/aromatic N) is 4. The fraction of sp³-hybridized carbons (Fsp3) is 0.571. The molecule has 0 radical (unpaired) electrons. The van der Waals surface area contributed by atoms with Crippen LogP contribution in [0.1, 0.15) is 50.1 Å². The Kier molecular flexibility index (Phi) is 8.15. The van der Waals surface area contributed by atoms with E-state index in [9.17, 15) is 4.39 Å². The van der Waals surface area contributed by atoms with Crippen LogP contribution in [0.2, 0.25) is 0 Å². The maximum absolute atomic E-state index is 13.1. The number of nitrogens with one attached hydrogen (secondary N) is 2. The van der Waals surface area contributed by atoms with Gasteiger partial charge in [-0.1, -0.05) is 17.3 Å². The molecule has 9 heteroatoms. The van der Waals surface area contributed by atoms with Gasteiger partial charge >= 0.3 is 0 Å². The summed E-state index contributed by atoms with van der Waals surface area (Å²) in [6, 6.07) is 7.08. The SMILES string of the molecule is CCOC(C)c1noc(CNC(=NC)NC2CCN(Cc3ccc(F)cc3)CC2)n1. The maximum Gasteiger partial charge on any atom is 0.246 e. The Hall–Kier alpha value is -2.52. The molecule has 2 aromatic rings. The molecule has 30 heavy (non-hydrogen) atoms. The van der Waals surface area contributed by atoms with Crippen LogP contribution >= 0.6 is 0 Å². The van der Waals surface area contributed by atoms with Crippen molar-refractivity contribution in [3.05, 3.63) is 47.4 Å². The van der Waals surface area contributed by atoms with Gasteiger partial charge in [-0.15, -0.1) is 0 Å². The lowest BCUT2D eigenvalue weighted by atomic mass is 10.0. The van der Waals surface area contributed by atoms with Crippen LogP contribution in [0.25, 0.3) is 0 Å². The Bertz CT molecular complexity index is 802. The van der Waals surface area contributed by atoms with Crippen molar-refractivity contribution < 1.29 is 13.7 Å². The largest absolute Gasteiger partial charge is 0.371 e. The summed E-state index contributed by atoms with van der Waals surface area (Å²) in [5, 5.41) is 10.7. The van der Waals surface area contributed by atoms with Crippen LogP contribution in [0.5, 0.6) is 0 Å². The van der Waals surface area contributed by atoms with E-state index in [1.165, 1.54) is 12.1 Å². The quantitative estimate of drug-likeness (QED) is 0.503. The molecule has 3 rings (SSSR count). The molecule has 1 unspecified atom stereocenters. The van der Waals surface area contributed by atoms with Crippen molar-refractivity contribution in [3.63, 3.8) is 0 Å². The number of piperidine rings is 1. The molecule has 1 aliphatic rings. The summed E-state index contributed by atoms with van der Waals surface area (Å²) in [6.45, 7) is 7.64. The minimum absolute atomic E-state index is 0.190. The van der Waals surface area contributed by atoms with Crippen molar-refractivity contribution in [3.8, 4) is 0 Å². The van der Waals surface area contributed by atoms with Gasteiger partial charge in [0.05, 0.1) is 6.54 Å². The van der Waals surface area contributed by atoms with Gasteiger partial charge in [0, 0.05) is 39.3 Å². The Morgan fingerprint density at radius 2 is 2.07 bits per heavy atom. The minimum atomic E-state index is -0.193. The van der Waals surface area contributed by atoms with Crippen molar-refractivity contribution in [1.82, 2.24) is 25.7 Å². The normalized spacial score (nSPS) is 17.1. The Balaban J connectivity index is 1.40. The number of hydrogen-bond donors (Lipinski definition) is 2. The smallest absolute Gasteiger partial charge is 0.246 e. The Labute approximate surface area is 176 Å². The summed E-state index contributed by atoms with van der Waals surface area (Å²) in [4.78, 5) is 11.0. The molecule has 2 N–H and O–H groups in total. The number of hydrogen-bond acceptors (Lipinski definition) is 6. The molecule has 2 heterocycles. The maximum atomic E-state index is 13.1. The number of likely N-dealkylation sites (tertiary alicyclic amines) is 1. The molecule has 8 nitrogen and oxygen atoms in total. The predicted molar refractivity (Wildman–Crippen MR) is 112 cm³/mol. The van der Waals surface area contributed by atoms with Crippen LogP contribution in [0, 0.1) is 5.82 Å². The van der Waals surface area contributed by atoms with E-state index in [0.717, 1.165) is 38.0 Å². The van der Waals surface area contributed by atoms with Crippen molar-refractivity contribution in [2.24, 2.45) is 4.99 Å². The van der Waals surface area contributed by atoms with Gasteiger partial charge in [-0.05, 0) is 44.4 Å². The van der Waals surface area contributed by atoms with E-state index in [1.807, 2.05) is 26.0 Å². The van der Waals surface area contributed by atoms with Crippen LogP contribution in [0.15, 0.2) is 33.8 Å². The summed E-state index contributed by atoms with van der Waals surface area (Å²) in [7, 11) is 1.75. The molecule has 0 saturated carbocycles. The highest BCUT2D eigenvalue weighted by Crippen LogP contribution is 2.15. The number of aliphatic imine (C=N–C) groups is 1. The molecule has 1 atom stereocenters. The van der Waals surface area contributed by atoms with Crippen molar-refractivity contribution in [1.29, 1.82) is 0 Å². The molecule has 1 fully saturated rings. The molecule has 1 aromatic carbocycles. The summed E-state index contributed by atoms with van der Waals surface area (Å²) in [6.07, 6.45) is 1.83. The fourth-order valence-corrected chi connectivity index (χ4v) is 3.46. The summed E-state index contributed by atoms with van der Waals surface area (Å²) < 4.78 is 23.8. The molecule has 164 valence electrons. The summed E-state index contributed by atoms with van der Waals surface area (Å²) in [5.74, 6) is 1.56. The molecular weight excluding hydrogens is 387 g/mol. The van der Waals surface area contributed by atoms with Crippen molar-refractivity contribution in [2.75, 3.05) is 26.7 Å².